The summed E-state index contributed by atoms with van der Waals surface area (Å²) < 4.78 is 3.81. The first-order valence-electron chi connectivity index (χ1n) is 11.5. The standard InChI is InChI=1S/C29H25Cl4NO2/c1-36-27-15-7-21-16-19(2-4-22(21)17-27)3-14-26(35)18-28(20-5-10-24(30)11-6-20)34-25-12-8-23(9-13-25)29(31,32)33/h2,4-13,15-17,28,34H,3,14,18H2,1H3. The van der Waals surface area contributed by atoms with Crippen molar-refractivity contribution in [2.45, 2.75) is 29.1 Å². The van der Waals surface area contributed by atoms with Gasteiger partial charge in [-0.05, 0) is 64.7 Å². The zero-order valence-electron chi connectivity index (χ0n) is 19.6. The molecule has 36 heavy (non-hydrogen) atoms. The van der Waals surface area contributed by atoms with Crippen LogP contribution in [0.1, 0.15) is 35.6 Å². The quantitative estimate of drug-likeness (QED) is 0.207. The van der Waals surface area contributed by atoms with Crippen molar-refractivity contribution in [1.29, 1.82) is 0 Å². The van der Waals surface area contributed by atoms with E-state index in [1.165, 1.54) is 0 Å². The Morgan fingerprint density at radius 1 is 0.889 bits per heavy atom. The van der Waals surface area contributed by atoms with Gasteiger partial charge < -0.3 is 10.1 Å². The molecule has 3 nitrogen and oxygen atoms in total. The number of fused-ring (bicyclic) bond motifs is 1. The van der Waals surface area contributed by atoms with Crippen LogP contribution in [0.15, 0.2) is 84.9 Å². The van der Waals surface area contributed by atoms with E-state index >= 15 is 0 Å². The first-order chi connectivity index (χ1) is 17.2. The van der Waals surface area contributed by atoms with Crippen LogP contribution < -0.4 is 10.1 Å². The van der Waals surface area contributed by atoms with Gasteiger partial charge in [0.25, 0.3) is 0 Å². The van der Waals surface area contributed by atoms with Gasteiger partial charge in [-0.1, -0.05) is 94.9 Å². The molecule has 0 saturated heterocycles. The molecule has 0 aliphatic carbocycles. The Kier molecular flexibility index (Phi) is 8.69. The van der Waals surface area contributed by atoms with Crippen molar-refractivity contribution in [2.75, 3.05) is 12.4 Å². The summed E-state index contributed by atoms with van der Waals surface area (Å²) in [6.07, 6.45) is 1.45. The number of aryl methyl sites for hydroxylation is 1. The van der Waals surface area contributed by atoms with E-state index in [1.54, 1.807) is 19.2 Å². The first-order valence-corrected chi connectivity index (χ1v) is 13.0. The molecule has 0 spiro atoms. The van der Waals surface area contributed by atoms with Crippen LogP contribution in [-0.2, 0) is 15.0 Å². The van der Waals surface area contributed by atoms with E-state index in [0.717, 1.165) is 33.3 Å². The third-order valence-electron chi connectivity index (χ3n) is 6.06. The summed E-state index contributed by atoms with van der Waals surface area (Å²) in [5.41, 5.74) is 3.49. The van der Waals surface area contributed by atoms with Crippen LogP contribution in [0.25, 0.3) is 10.8 Å². The maximum atomic E-state index is 13.1. The maximum absolute atomic E-state index is 13.1. The van der Waals surface area contributed by atoms with Crippen molar-refractivity contribution in [3.63, 3.8) is 0 Å². The molecular formula is C29H25Cl4NO2. The Labute approximate surface area is 231 Å². The lowest BCUT2D eigenvalue weighted by atomic mass is 9.97. The molecule has 4 rings (SSSR count). The Morgan fingerprint density at radius 3 is 2.22 bits per heavy atom. The lowest BCUT2D eigenvalue weighted by molar-refractivity contribution is -0.119. The fourth-order valence-corrected chi connectivity index (χ4v) is 4.58. The average Bonchev–Trinajstić information content (AvgIpc) is 2.87. The number of rotatable bonds is 9. The van der Waals surface area contributed by atoms with Gasteiger partial charge in [-0.3, -0.25) is 4.79 Å². The Morgan fingerprint density at radius 2 is 1.56 bits per heavy atom. The molecule has 0 fully saturated rings. The van der Waals surface area contributed by atoms with Gasteiger partial charge in [0.1, 0.15) is 11.5 Å². The van der Waals surface area contributed by atoms with E-state index in [-0.39, 0.29) is 11.8 Å². The van der Waals surface area contributed by atoms with Crippen molar-refractivity contribution in [3.8, 4) is 5.75 Å². The van der Waals surface area contributed by atoms with Crippen LogP contribution in [-0.4, -0.2) is 12.9 Å². The number of nitrogens with one attached hydrogen (secondary N) is 1. The van der Waals surface area contributed by atoms with Gasteiger partial charge in [0.2, 0.25) is 3.79 Å². The summed E-state index contributed by atoms with van der Waals surface area (Å²) in [4.78, 5) is 13.1. The molecule has 0 aliphatic rings. The second kappa shape index (κ2) is 11.7. The molecule has 7 heteroatoms. The summed E-state index contributed by atoms with van der Waals surface area (Å²) in [5.74, 6) is 0.989. The van der Waals surface area contributed by atoms with Gasteiger partial charge in [-0.2, -0.15) is 0 Å². The minimum Gasteiger partial charge on any atom is -0.497 e. The first kappa shape index (κ1) is 26.6. The third-order valence-corrected chi connectivity index (χ3v) is 6.97. The highest BCUT2D eigenvalue weighted by Crippen LogP contribution is 2.38. The maximum Gasteiger partial charge on any atom is 0.216 e. The molecule has 0 aromatic heterocycles. The minimum absolute atomic E-state index is 0.162. The number of ketones is 1. The Balaban J connectivity index is 1.45. The normalized spacial score (nSPS) is 12.4. The molecule has 0 amide bonds. The minimum atomic E-state index is -1.49. The lowest BCUT2D eigenvalue weighted by Crippen LogP contribution is -2.16. The summed E-state index contributed by atoms with van der Waals surface area (Å²) in [6.45, 7) is 0. The number of benzene rings is 4. The molecule has 4 aromatic rings. The van der Waals surface area contributed by atoms with Crippen LogP contribution in [0.3, 0.4) is 0 Å². The number of Topliss-reactive ketones (excluding diaryl/α,β-unsaturated/α-hetero) is 1. The summed E-state index contributed by atoms with van der Waals surface area (Å²) in [7, 11) is 1.66. The second-order valence-corrected chi connectivity index (χ2v) is 11.3. The third kappa shape index (κ3) is 7.08. The fraction of sp³-hybridized carbons (Fsp3) is 0.207. The zero-order chi connectivity index (χ0) is 25.7. The number of methoxy groups -OCH3 is 1. The number of ether oxygens (including phenoxy) is 1. The molecule has 1 atom stereocenters. The van der Waals surface area contributed by atoms with Crippen molar-refractivity contribution in [1.82, 2.24) is 0 Å². The SMILES string of the molecule is COc1ccc2cc(CCC(=O)CC(Nc3ccc(C(Cl)(Cl)Cl)cc3)c3ccc(Cl)cc3)ccc2c1. The number of anilines is 1. The van der Waals surface area contributed by atoms with Crippen molar-refractivity contribution >= 4 is 68.6 Å². The molecule has 4 aromatic carbocycles. The van der Waals surface area contributed by atoms with Gasteiger partial charge >= 0.3 is 0 Å². The van der Waals surface area contributed by atoms with Gasteiger partial charge in [-0.25, -0.2) is 0 Å². The number of hydrogen-bond donors (Lipinski definition) is 1. The number of hydrogen-bond acceptors (Lipinski definition) is 3. The average molecular weight is 561 g/mol. The van der Waals surface area contributed by atoms with E-state index in [1.807, 2.05) is 54.6 Å². The highest BCUT2D eigenvalue weighted by Gasteiger charge is 2.23. The van der Waals surface area contributed by atoms with Crippen LogP contribution in [0.5, 0.6) is 5.75 Å². The van der Waals surface area contributed by atoms with Crippen LogP contribution in [0.2, 0.25) is 5.02 Å². The van der Waals surface area contributed by atoms with Gasteiger partial charge in [0, 0.05) is 29.1 Å². The van der Waals surface area contributed by atoms with E-state index in [0.29, 0.717) is 29.8 Å². The summed E-state index contributed by atoms with van der Waals surface area (Å²) >= 11 is 24.0. The number of alkyl halides is 3. The molecule has 186 valence electrons. The topological polar surface area (TPSA) is 38.3 Å². The molecule has 0 bridgehead atoms. The van der Waals surface area contributed by atoms with Crippen LogP contribution in [0.4, 0.5) is 5.69 Å². The van der Waals surface area contributed by atoms with E-state index < -0.39 is 3.79 Å². The van der Waals surface area contributed by atoms with Gasteiger partial charge in [0.05, 0.1) is 13.2 Å². The van der Waals surface area contributed by atoms with E-state index in [4.69, 9.17) is 51.1 Å². The predicted molar refractivity (Wildman–Crippen MR) is 152 cm³/mol. The Hall–Kier alpha value is -2.43. The van der Waals surface area contributed by atoms with Crippen molar-refractivity contribution in [3.05, 3.63) is 107 Å². The largest absolute Gasteiger partial charge is 0.497 e. The monoisotopic (exact) mass is 559 g/mol. The van der Waals surface area contributed by atoms with Gasteiger partial charge in [0.15, 0.2) is 0 Å². The molecular weight excluding hydrogens is 536 g/mol. The molecule has 0 saturated carbocycles. The van der Waals surface area contributed by atoms with E-state index in [9.17, 15) is 4.79 Å². The predicted octanol–water partition coefficient (Wildman–Crippen LogP) is 9.07. The van der Waals surface area contributed by atoms with Crippen molar-refractivity contribution < 1.29 is 9.53 Å². The molecule has 0 heterocycles. The number of carbonyl (C=O) groups is 1. The molecule has 0 aliphatic heterocycles. The highest BCUT2D eigenvalue weighted by molar-refractivity contribution is 6.66. The van der Waals surface area contributed by atoms with Crippen LogP contribution in [0, 0.1) is 0 Å². The molecule has 1 unspecified atom stereocenters. The van der Waals surface area contributed by atoms with Gasteiger partial charge in [-0.15, -0.1) is 0 Å². The van der Waals surface area contributed by atoms with Crippen molar-refractivity contribution in [2.24, 2.45) is 0 Å². The zero-order valence-corrected chi connectivity index (χ0v) is 22.6. The highest BCUT2D eigenvalue weighted by atomic mass is 35.6. The summed E-state index contributed by atoms with van der Waals surface area (Å²) in [6, 6.07) is 26.7. The molecule has 0 radical (unpaired) electrons. The fourth-order valence-electron chi connectivity index (χ4n) is 4.07. The Bertz CT molecular complexity index is 1330. The smallest absolute Gasteiger partial charge is 0.216 e. The van der Waals surface area contributed by atoms with E-state index in [2.05, 4.69) is 23.5 Å². The molecule has 1 N–H and O–H groups in total. The number of halogens is 4. The van der Waals surface area contributed by atoms with Crippen LogP contribution >= 0.6 is 46.4 Å². The summed E-state index contributed by atoms with van der Waals surface area (Å²) in [5, 5.41) is 6.33. The number of carbonyl (C=O) groups excluding carboxylic acids is 1. The lowest BCUT2D eigenvalue weighted by Gasteiger charge is -2.21. The second-order valence-electron chi connectivity index (χ2n) is 8.61.